The van der Waals surface area contributed by atoms with Crippen molar-refractivity contribution in [1.29, 1.82) is 0 Å². The molecule has 2 saturated heterocycles. The summed E-state index contributed by atoms with van der Waals surface area (Å²) in [4.78, 5) is 20.7. The summed E-state index contributed by atoms with van der Waals surface area (Å²) in [6.45, 7) is 9.08. The number of pyridine rings is 1. The second kappa shape index (κ2) is 8.09. The molecule has 174 valence electrons. The van der Waals surface area contributed by atoms with Crippen LogP contribution in [-0.4, -0.2) is 71.2 Å². The van der Waals surface area contributed by atoms with E-state index in [1.165, 1.54) is 0 Å². The summed E-state index contributed by atoms with van der Waals surface area (Å²) in [5, 5.41) is 8.60. The van der Waals surface area contributed by atoms with Crippen molar-refractivity contribution in [3.8, 4) is 0 Å². The summed E-state index contributed by atoms with van der Waals surface area (Å²) in [7, 11) is -3.04. The summed E-state index contributed by atoms with van der Waals surface area (Å²) in [6, 6.07) is 2.26. The lowest BCUT2D eigenvalue weighted by molar-refractivity contribution is 0.0948. The second-order valence-corrected chi connectivity index (χ2v) is 12.3. The molecule has 0 aromatic carbocycles. The lowest BCUT2D eigenvalue weighted by Gasteiger charge is -2.20. The molecule has 1 aliphatic carbocycles. The average molecular weight is 460 g/mol. The third kappa shape index (κ3) is 4.17. The molecule has 5 rings (SSSR count). The largest absolute Gasteiger partial charge is 0.352 e. The normalized spacial score (nSPS) is 25.8. The van der Waals surface area contributed by atoms with E-state index in [1.54, 1.807) is 4.68 Å². The van der Waals surface area contributed by atoms with Crippen LogP contribution in [0.25, 0.3) is 11.0 Å². The second-order valence-electron chi connectivity index (χ2n) is 10.1. The van der Waals surface area contributed by atoms with E-state index in [9.17, 15) is 13.2 Å². The van der Waals surface area contributed by atoms with Crippen LogP contribution in [0.5, 0.6) is 0 Å². The van der Waals surface area contributed by atoms with Crippen LogP contribution in [0.1, 0.15) is 73.2 Å². The monoisotopic (exact) mass is 459 g/mol. The van der Waals surface area contributed by atoms with Gasteiger partial charge in [0.05, 0.1) is 34.2 Å². The SMILES string of the molecule is Cc1nn(C2CCS(=O)(=O)C2)c2nc(C3CC3)cc(C(=O)NCC3CCN(C(C)C)C3)c12. The predicted molar refractivity (Wildman–Crippen MR) is 124 cm³/mol. The van der Waals surface area contributed by atoms with Gasteiger partial charge in [-0.05, 0) is 65.0 Å². The molecule has 4 heterocycles. The van der Waals surface area contributed by atoms with Crippen LogP contribution in [0.2, 0.25) is 0 Å². The summed E-state index contributed by atoms with van der Waals surface area (Å²) in [5.74, 6) is 1.05. The Morgan fingerprint density at radius 3 is 2.66 bits per heavy atom. The van der Waals surface area contributed by atoms with Crippen molar-refractivity contribution in [2.75, 3.05) is 31.1 Å². The minimum Gasteiger partial charge on any atom is -0.352 e. The quantitative estimate of drug-likeness (QED) is 0.713. The van der Waals surface area contributed by atoms with Crippen LogP contribution >= 0.6 is 0 Å². The van der Waals surface area contributed by atoms with Crippen LogP contribution in [0, 0.1) is 12.8 Å². The third-order valence-corrected chi connectivity index (χ3v) is 9.00. The van der Waals surface area contributed by atoms with Crippen LogP contribution in [0.15, 0.2) is 6.07 Å². The fourth-order valence-electron chi connectivity index (χ4n) is 5.15. The number of aryl methyl sites for hydroxylation is 1. The molecular formula is C23H33N5O3S. The van der Waals surface area contributed by atoms with Crippen LogP contribution in [-0.2, 0) is 9.84 Å². The number of amides is 1. The van der Waals surface area contributed by atoms with Crippen molar-refractivity contribution < 1.29 is 13.2 Å². The highest BCUT2D eigenvalue weighted by atomic mass is 32.2. The zero-order valence-corrected chi connectivity index (χ0v) is 20.0. The molecule has 2 aliphatic heterocycles. The maximum Gasteiger partial charge on any atom is 0.252 e. The average Bonchev–Trinajstić information content (AvgIpc) is 3.23. The van der Waals surface area contributed by atoms with Gasteiger partial charge in [-0.15, -0.1) is 0 Å². The van der Waals surface area contributed by atoms with Crippen LogP contribution in [0.4, 0.5) is 0 Å². The number of rotatable bonds is 6. The van der Waals surface area contributed by atoms with E-state index in [4.69, 9.17) is 4.98 Å². The number of carbonyl (C=O) groups is 1. The van der Waals surface area contributed by atoms with Crippen molar-refractivity contribution in [1.82, 2.24) is 25.0 Å². The van der Waals surface area contributed by atoms with Gasteiger partial charge in [-0.1, -0.05) is 0 Å². The Morgan fingerprint density at radius 1 is 1.25 bits per heavy atom. The molecule has 1 N–H and O–H groups in total. The van der Waals surface area contributed by atoms with Crippen molar-refractivity contribution in [2.24, 2.45) is 5.92 Å². The van der Waals surface area contributed by atoms with Crippen LogP contribution in [0.3, 0.4) is 0 Å². The fourth-order valence-corrected chi connectivity index (χ4v) is 6.85. The van der Waals surface area contributed by atoms with Gasteiger partial charge in [0, 0.05) is 30.7 Å². The maximum atomic E-state index is 13.3. The molecule has 2 aromatic rings. The first-order valence-electron chi connectivity index (χ1n) is 11.8. The van der Waals surface area contributed by atoms with Gasteiger partial charge in [-0.25, -0.2) is 18.1 Å². The number of aromatic nitrogens is 3. The van der Waals surface area contributed by atoms with Crippen molar-refractivity contribution in [2.45, 2.75) is 64.5 Å². The molecule has 1 saturated carbocycles. The Labute approximate surface area is 189 Å². The van der Waals surface area contributed by atoms with E-state index in [2.05, 4.69) is 29.2 Å². The number of fused-ring (bicyclic) bond motifs is 1. The summed E-state index contributed by atoms with van der Waals surface area (Å²) < 4.78 is 25.9. The molecule has 2 aromatic heterocycles. The van der Waals surface area contributed by atoms with Crippen molar-refractivity contribution in [3.05, 3.63) is 23.0 Å². The van der Waals surface area contributed by atoms with E-state index in [1.807, 2.05) is 13.0 Å². The van der Waals surface area contributed by atoms with Gasteiger partial charge < -0.3 is 10.2 Å². The van der Waals surface area contributed by atoms with Gasteiger partial charge in [0.25, 0.3) is 5.91 Å². The van der Waals surface area contributed by atoms with E-state index in [0.29, 0.717) is 42.1 Å². The molecule has 32 heavy (non-hydrogen) atoms. The van der Waals surface area contributed by atoms with Gasteiger partial charge in [-0.3, -0.25) is 4.79 Å². The highest BCUT2D eigenvalue weighted by Crippen LogP contribution is 2.41. The number of hydrogen-bond donors (Lipinski definition) is 1. The van der Waals surface area contributed by atoms with E-state index in [0.717, 1.165) is 49.1 Å². The fraction of sp³-hybridized carbons (Fsp3) is 0.696. The molecule has 9 heteroatoms. The zero-order chi connectivity index (χ0) is 22.6. The Bertz CT molecular complexity index is 1150. The van der Waals surface area contributed by atoms with Gasteiger partial charge in [0.2, 0.25) is 0 Å². The topological polar surface area (TPSA) is 97.2 Å². The number of nitrogens with zero attached hydrogens (tertiary/aromatic N) is 4. The van der Waals surface area contributed by atoms with E-state index < -0.39 is 9.84 Å². The summed E-state index contributed by atoms with van der Waals surface area (Å²) >= 11 is 0. The Hall–Kier alpha value is -2.00. The number of nitrogens with one attached hydrogen (secondary N) is 1. The van der Waals surface area contributed by atoms with Gasteiger partial charge in [0.1, 0.15) is 0 Å². The Kier molecular flexibility index (Phi) is 5.52. The molecule has 3 fully saturated rings. The molecular weight excluding hydrogens is 426 g/mol. The first-order valence-corrected chi connectivity index (χ1v) is 13.7. The molecule has 0 bridgehead atoms. The number of likely N-dealkylation sites (tertiary alicyclic amines) is 1. The maximum absolute atomic E-state index is 13.3. The molecule has 0 radical (unpaired) electrons. The predicted octanol–water partition coefficient (Wildman–Crippen LogP) is 2.44. The minimum atomic E-state index is -3.04. The molecule has 2 unspecified atom stereocenters. The number of sulfone groups is 1. The smallest absolute Gasteiger partial charge is 0.252 e. The standard InChI is InChI=1S/C23H33N5O3S/c1-14(2)27-8-6-16(12-27)11-24-23(29)19-10-20(17-4-5-17)25-22-21(19)15(3)26-28(22)18-7-9-32(30,31)13-18/h10,14,16-18H,4-9,11-13H2,1-3H3,(H,24,29). The number of carbonyl (C=O) groups excluding carboxylic acids is 1. The van der Waals surface area contributed by atoms with Gasteiger partial charge in [0.15, 0.2) is 15.5 Å². The Balaban J connectivity index is 1.44. The molecule has 1 amide bonds. The summed E-state index contributed by atoms with van der Waals surface area (Å²) in [6.07, 6.45) is 3.81. The Morgan fingerprint density at radius 2 is 2.03 bits per heavy atom. The zero-order valence-electron chi connectivity index (χ0n) is 19.2. The minimum absolute atomic E-state index is 0.0796. The lowest BCUT2D eigenvalue weighted by atomic mass is 10.1. The first kappa shape index (κ1) is 21.8. The van der Waals surface area contributed by atoms with Gasteiger partial charge >= 0.3 is 0 Å². The van der Waals surface area contributed by atoms with E-state index >= 15 is 0 Å². The summed E-state index contributed by atoms with van der Waals surface area (Å²) in [5.41, 5.74) is 2.94. The highest BCUT2D eigenvalue weighted by Gasteiger charge is 2.34. The van der Waals surface area contributed by atoms with E-state index in [-0.39, 0.29) is 23.5 Å². The number of hydrogen-bond acceptors (Lipinski definition) is 6. The molecule has 0 spiro atoms. The molecule has 8 nitrogen and oxygen atoms in total. The van der Waals surface area contributed by atoms with Crippen LogP contribution < -0.4 is 5.32 Å². The van der Waals surface area contributed by atoms with Gasteiger partial charge in [-0.2, -0.15) is 5.10 Å². The molecule has 3 aliphatic rings. The van der Waals surface area contributed by atoms with Crippen molar-refractivity contribution in [3.63, 3.8) is 0 Å². The molecule has 2 atom stereocenters. The third-order valence-electron chi connectivity index (χ3n) is 7.25. The lowest BCUT2D eigenvalue weighted by Crippen LogP contribution is -2.33. The highest BCUT2D eigenvalue weighted by molar-refractivity contribution is 7.91. The van der Waals surface area contributed by atoms with Crippen molar-refractivity contribution >= 4 is 26.8 Å². The first-order chi connectivity index (χ1) is 15.2.